The summed E-state index contributed by atoms with van der Waals surface area (Å²) in [6, 6.07) is 7.60. The third-order valence-corrected chi connectivity index (χ3v) is 3.87. The van der Waals surface area contributed by atoms with Crippen LogP contribution in [0.4, 0.5) is 0 Å². The first-order valence-electron chi connectivity index (χ1n) is 6.57. The first-order chi connectivity index (χ1) is 8.29. The third-order valence-electron chi connectivity index (χ3n) is 3.87. The Labute approximate surface area is 104 Å². The standard InChI is InChI=1S/C14H23N3/c1-15-12-6-8-14(9-7-12)17(2)11-13-5-3-4-10-16-13/h3-5,10,12,14-15H,6-9,11H2,1-2H3. The van der Waals surface area contributed by atoms with Gasteiger partial charge in [-0.3, -0.25) is 9.88 Å². The minimum Gasteiger partial charge on any atom is -0.317 e. The average molecular weight is 233 g/mol. The molecule has 0 amide bonds. The molecule has 2 rings (SSSR count). The van der Waals surface area contributed by atoms with Crippen LogP contribution in [-0.2, 0) is 6.54 Å². The molecule has 0 spiro atoms. The molecule has 1 heterocycles. The Morgan fingerprint density at radius 2 is 2.06 bits per heavy atom. The van der Waals surface area contributed by atoms with Crippen molar-refractivity contribution >= 4 is 0 Å². The van der Waals surface area contributed by atoms with E-state index in [1.807, 2.05) is 12.3 Å². The van der Waals surface area contributed by atoms with Crippen LogP contribution in [0.15, 0.2) is 24.4 Å². The monoisotopic (exact) mass is 233 g/mol. The van der Waals surface area contributed by atoms with Crippen LogP contribution in [0.5, 0.6) is 0 Å². The molecule has 1 N–H and O–H groups in total. The minimum atomic E-state index is 0.724. The molecule has 1 aliphatic rings. The number of hydrogen-bond donors (Lipinski definition) is 1. The summed E-state index contributed by atoms with van der Waals surface area (Å²) < 4.78 is 0. The number of hydrogen-bond acceptors (Lipinski definition) is 3. The Morgan fingerprint density at radius 3 is 2.65 bits per heavy atom. The highest BCUT2D eigenvalue weighted by Crippen LogP contribution is 2.22. The van der Waals surface area contributed by atoms with E-state index in [4.69, 9.17) is 0 Å². The molecule has 1 saturated carbocycles. The zero-order valence-electron chi connectivity index (χ0n) is 10.9. The number of aromatic nitrogens is 1. The van der Waals surface area contributed by atoms with Crippen molar-refractivity contribution in [3.05, 3.63) is 30.1 Å². The van der Waals surface area contributed by atoms with Crippen LogP contribution in [0.2, 0.25) is 0 Å². The van der Waals surface area contributed by atoms with Gasteiger partial charge in [-0.2, -0.15) is 0 Å². The fraction of sp³-hybridized carbons (Fsp3) is 0.643. The van der Waals surface area contributed by atoms with E-state index in [0.717, 1.165) is 18.6 Å². The lowest BCUT2D eigenvalue weighted by Gasteiger charge is -2.34. The largest absolute Gasteiger partial charge is 0.317 e. The lowest BCUT2D eigenvalue weighted by atomic mass is 9.90. The summed E-state index contributed by atoms with van der Waals surface area (Å²) in [6.07, 6.45) is 7.08. The summed E-state index contributed by atoms with van der Waals surface area (Å²) >= 11 is 0. The SMILES string of the molecule is CNC1CCC(N(C)Cc2ccccn2)CC1. The lowest BCUT2D eigenvalue weighted by Crippen LogP contribution is -2.39. The van der Waals surface area contributed by atoms with Crippen molar-refractivity contribution in [2.45, 2.75) is 44.3 Å². The van der Waals surface area contributed by atoms with Crippen molar-refractivity contribution in [2.75, 3.05) is 14.1 Å². The van der Waals surface area contributed by atoms with E-state index in [2.05, 4.69) is 41.4 Å². The van der Waals surface area contributed by atoms with Crippen LogP contribution < -0.4 is 5.32 Å². The smallest absolute Gasteiger partial charge is 0.0543 e. The van der Waals surface area contributed by atoms with Gasteiger partial charge in [0.1, 0.15) is 0 Å². The topological polar surface area (TPSA) is 28.2 Å². The molecule has 0 bridgehead atoms. The highest BCUT2D eigenvalue weighted by Gasteiger charge is 2.22. The van der Waals surface area contributed by atoms with Crippen LogP contribution in [0.1, 0.15) is 31.4 Å². The summed E-state index contributed by atoms with van der Waals surface area (Å²) in [6.45, 7) is 0.968. The molecule has 0 aliphatic heterocycles. The highest BCUT2D eigenvalue weighted by molar-refractivity contribution is 5.03. The molecular weight excluding hydrogens is 210 g/mol. The fourth-order valence-electron chi connectivity index (χ4n) is 2.68. The van der Waals surface area contributed by atoms with Gasteiger partial charge in [0, 0.05) is 24.8 Å². The van der Waals surface area contributed by atoms with E-state index < -0.39 is 0 Å². The maximum atomic E-state index is 4.39. The summed E-state index contributed by atoms with van der Waals surface area (Å²) in [5, 5.41) is 3.38. The van der Waals surface area contributed by atoms with E-state index in [1.165, 1.54) is 31.4 Å². The Morgan fingerprint density at radius 1 is 1.29 bits per heavy atom. The van der Waals surface area contributed by atoms with Crippen LogP contribution >= 0.6 is 0 Å². The number of nitrogens with one attached hydrogen (secondary N) is 1. The van der Waals surface area contributed by atoms with E-state index in [1.54, 1.807) is 0 Å². The molecule has 0 saturated heterocycles. The molecule has 0 unspecified atom stereocenters. The molecule has 0 radical (unpaired) electrons. The van der Waals surface area contributed by atoms with E-state index in [-0.39, 0.29) is 0 Å². The molecule has 3 heteroatoms. The van der Waals surface area contributed by atoms with E-state index in [0.29, 0.717) is 0 Å². The molecule has 1 fully saturated rings. The van der Waals surface area contributed by atoms with Gasteiger partial charge in [-0.05, 0) is 51.9 Å². The van der Waals surface area contributed by atoms with Gasteiger partial charge in [0.05, 0.1) is 5.69 Å². The van der Waals surface area contributed by atoms with Gasteiger partial charge in [0.15, 0.2) is 0 Å². The van der Waals surface area contributed by atoms with Crippen molar-refractivity contribution in [1.82, 2.24) is 15.2 Å². The zero-order valence-corrected chi connectivity index (χ0v) is 10.9. The summed E-state index contributed by atoms with van der Waals surface area (Å²) in [4.78, 5) is 6.84. The minimum absolute atomic E-state index is 0.724. The predicted octanol–water partition coefficient (Wildman–Crippen LogP) is 2.04. The maximum absolute atomic E-state index is 4.39. The van der Waals surface area contributed by atoms with Gasteiger partial charge in [-0.1, -0.05) is 6.07 Å². The van der Waals surface area contributed by atoms with Crippen LogP contribution in [0, 0.1) is 0 Å². The van der Waals surface area contributed by atoms with Crippen molar-refractivity contribution < 1.29 is 0 Å². The highest BCUT2D eigenvalue weighted by atomic mass is 15.1. The number of rotatable bonds is 4. The van der Waals surface area contributed by atoms with Gasteiger partial charge in [0.2, 0.25) is 0 Å². The molecule has 0 atom stereocenters. The van der Waals surface area contributed by atoms with E-state index in [9.17, 15) is 0 Å². The van der Waals surface area contributed by atoms with Gasteiger partial charge in [0.25, 0.3) is 0 Å². The van der Waals surface area contributed by atoms with Gasteiger partial charge < -0.3 is 5.32 Å². The Balaban J connectivity index is 1.83. The predicted molar refractivity (Wildman–Crippen MR) is 70.8 cm³/mol. The first-order valence-corrected chi connectivity index (χ1v) is 6.57. The Hall–Kier alpha value is -0.930. The van der Waals surface area contributed by atoms with Gasteiger partial charge in [-0.15, -0.1) is 0 Å². The van der Waals surface area contributed by atoms with Crippen molar-refractivity contribution in [2.24, 2.45) is 0 Å². The van der Waals surface area contributed by atoms with Crippen molar-refractivity contribution in [1.29, 1.82) is 0 Å². The first kappa shape index (κ1) is 12.5. The molecule has 1 aliphatic carbocycles. The molecule has 3 nitrogen and oxygen atoms in total. The quantitative estimate of drug-likeness (QED) is 0.862. The molecular formula is C14H23N3. The average Bonchev–Trinajstić information content (AvgIpc) is 2.40. The summed E-state index contributed by atoms with van der Waals surface area (Å²) in [5.41, 5.74) is 1.17. The normalized spacial score (nSPS) is 25.1. The second kappa shape index (κ2) is 6.12. The van der Waals surface area contributed by atoms with Crippen LogP contribution in [-0.4, -0.2) is 36.1 Å². The summed E-state index contributed by atoms with van der Waals surface area (Å²) in [7, 11) is 4.29. The van der Waals surface area contributed by atoms with E-state index >= 15 is 0 Å². The second-order valence-electron chi connectivity index (χ2n) is 5.03. The maximum Gasteiger partial charge on any atom is 0.0543 e. The second-order valence-corrected chi connectivity index (χ2v) is 5.03. The lowest BCUT2D eigenvalue weighted by molar-refractivity contribution is 0.168. The third kappa shape index (κ3) is 3.51. The molecule has 94 valence electrons. The Bertz CT molecular complexity index is 317. The van der Waals surface area contributed by atoms with Gasteiger partial charge >= 0.3 is 0 Å². The summed E-state index contributed by atoms with van der Waals surface area (Å²) in [5.74, 6) is 0. The fourth-order valence-corrected chi connectivity index (χ4v) is 2.68. The Kier molecular flexibility index (Phi) is 4.51. The van der Waals surface area contributed by atoms with Crippen molar-refractivity contribution in [3.63, 3.8) is 0 Å². The van der Waals surface area contributed by atoms with Gasteiger partial charge in [-0.25, -0.2) is 0 Å². The molecule has 1 aromatic rings. The number of pyridine rings is 1. The van der Waals surface area contributed by atoms with Crippen LogP contribution in [0.25, 0.3) is 0 Å². The molecule has 17 heavy (non-hydrogen) atoms. The molecule has 0 aromatic carbocycles. The van der Waals surface area contributed by atoms with Crippen LogP contribution in [0.3, 0.4) is 0 Å². The van der Waals surface area contributed by atoms with Crippen molar-refractivity contribution in [3.8, 4) is 0 Å². The molecule has 1 aromatic heterocycles. The zero-order chi connectivity index (χ0) is 12.1. The number of nitrogens with zero attached hydrogens (tertiary/aromatic N) is 2.